The lowest BCUT2D eigenvalue weighted by Crippen LogP contribution is -2.30. The maximum atomic E-state index is 12.5. The molecule has 2 saturated carbocycles. The zero-order chi connectivity index (χ0) is 12.2. The summed E-state index contributed by atoms with van der Waals surface area (Å²) in [5, 5.41) is 0. The Morgan fingerprint density at radius 1 is 1.18 bits per heavy atom. The standard InChI is InChI=1S/C15H20O2/c1-8-3-5-11-13-7-10(16)4-6-12(13)15(17)14(11)9(8)2/h3,5,8-9,11-14H,4,6-7H2,1-2H3. The number of allylic oxidation sites excluding steroid dienone is 2. The van der Waals surface area contributed by atoms with Crippen LogP contribution >= 0.6 is 0 Å². The topological polar surface area (TPSA) is 34.1 Å². The Balaban J connectivity index is 1.95. The van der Waals surface area contributed by atoms with Crippen LogP contribution in [0.1, 0.15) is 33.1 Å². The van der Waals surface area contributed by atoms with Crippen molar-refractivity contribution in [3.05, 3.63) is 12.2 Å². The van der Waals surface area contributed by atoms with E-state index in [1.807, 2.05) is 0 Å². The molecule has 3 aliphatic rings. The third kappa shape index (κ3) is 1.53. The van der Waals surface area contributed by atoms with E-state index in [4.69, 9.17) is 0 Å². The second-order valence-corrected chi connectivity index (χ2v) is 6.16. The van der Waals surface area contributed by atoms with Crippen molar-refractivity contribution in [3.63, 3.8) is 0 Å². The Morgan fingerprint density at radius 3 is 2.71 bits per heavy atom. The fourth-order valence-corrected chi connectivity index (χ4v) is 4.18. The number of carbonyl (C=O) groups is 2. The van der Waals surface area contributed by atoms with Crippen molar-refractivity contribution in [2.45, 2.75) is 33.1 Å². The quantitative estimate of drug-likeness (QED) is 0.602. The molecule has 3 rings (SSSR count). The summed E-state index contributed by atoms with van der Waals surface area (Å²) in [6, 6.07) is 0. The highest BCUT2D eigenvalue weighted by atomic mass is 16.1. The minimum atomic E-state index is 0.181. The fourth-order valence-electron chi connectivity index (χ4n) is 4.18. The van der Waals surface area contributed by atoms with Crippen molar-refractivity contribution in [3.8, 4) is 0 Å². The zero-order valence-electron chi connectivity index (χ0n) is 10.6. The van der Waals surface area contributed by atoms with Crippen LogP contribution in [0.2, 0.25) is 0 Å². The van der Waals surface area contributed by atoms with Crippen LogP contribution in [0.5, 0.6) is 0 Å². The van der Waals surface area contributed by atoms with Crippen LogP contribution in [0.15, 0.2) is 12.2 Å². The van der Waals surface area contributed by atoms with E-state index in [-0.39, 0.29) is 11.8 Å². The van der Waals surface area contributed by atoms with Crippen LogP contribution in [-0.2, 0) is 9.59 Å². The molecule has 0 N–H and O–H groups in total. The number of carbonyl (C=O) groups excluding carboxylic acids is 2. The minimum absolute atomic E-state index is 0.181. The monoisotopic (exact) mass is 232 g/mol. The molecule has 0 saturated heterocycles. The second kappa shape index (κ2) is 3.79. The van der Waals surface area contributed by atoms with Crippen LogP contribution < -0.4 is 0 Å². The first-order valence-corrected chi connectivity index (χ1v) is 6.83. The number of hydrogen-bond donors (Lipinski definition) is 0. The molecule has 2 heteroatoms. The van der Waals surface area contributed by atoms with Gasteiger partial charge >= 0.3 is 0 Å². The summed E-state index contributed by atoms with van der Waals surface area (Å²) in [5.74, 6) is 2.80. The summed E-state index contributed by atoms with van der Waals surface area (Å²) < 4.78 is 0. The molecule has 0 aromatic heterocycles. The third-order valence-electron chi connectivity index (χ3n) is 5.35. The molecule has 0 aromatic carbocycles. The maximum absolute atomic E-state index is 12.5. The second-order valence-electron chi connectivity index (χ2n) is 6.16. The van der Waals surface area contributed by atoms with Crippen LogP contribution in [0.4, 0.5) is 0 Å². The Kier molecular flexibility index (Phi) is 2.49. The molecule has 17 heavy (non-hydrogen) atoms. The molecule has 0 spiro atoms. The predicted molar refractivity (Wildman–Crippen MR) is 65.3 cm³/mol. The first kappa shape index (κ1) is 11.2. The van der Waals surface area contributed by atoms with Crippen molar-refractivity contribution in [1.29, 1.82) is 0 Å². The fraction of sp³-hybridized carbons (Fsp3) is 0.733. The SMILES string of the molecule is CC1C=CC2C3CC(=O)CCC3C(=O)C2C1C. The van der Waals surface area contributed by atoms with Gasteiger partial charge in [0.05, 0.1) is 0 Å². The summed E-state index contributed by atoms with van der Waals surface area (Å²) in [6.07, 6.45) is 6.56. The van der Waals surface area contributed by atoms with Gasteiger partial charge < -0.3 is 0 Å². The average Bonchev–Trinajstić information content (AvgIpc) is 2.58. The van der Waals surface area contributed by atoms with Crippen LogP contribution in [0.25, 0.3) is 0 Å². The van der Waals surface area contributed by atoms with E-state index in [0.717, 1.165) is 6.42 Å². The first-order valence-electron chi connectivity index (χ1n) is 6.83. The summed E-state index contributed by atoms with van der Waals surface area (Å²) in [4.78, 5) is 24.1. The largest absolute Gasteiger partial charge is 0.300 e. The van der Waals surface area contributed by atoms with Gasteiger partial charge in [0.1, 0.15) is 11.6 Å². The highest BCUT2D eigenvalue weighted by Crippen LogP contribution is 2.52. The normalized spacial score (nSPS) is 49.1. The molecule has 0 aromatic rings. The van der Waals surface area contributed by atoms with Crippen molar-refractivity contribution in [2.75, 3.05) is 0 Å². The molecule has 3 aliphatic carbocycles. The van der Waals surface area contributed by atoms with Gasteiger partial charge in [0, 0.05) is 24.7 Å². The van der Waals surface area contributed by atoms with Crippen LogP contribution in [0.3, 0.4) is 0 Å². The number of ketones is 2. The lowest BCUT2D eigenvalue weighted by atomic mass is 9.70. The predicted octanol–water partition coefficient (Wildman–Crippen LogP) is 2.63. The summed E-state index contributed by atoms with van der Waals surface area (Å²) >= 11 is 0. The summed E-state index contributed by atoms with van der Waals surface area (Å²) in [6.45, 7) is 4.39. The number of hydrogen-bond acceptors (Lipinski definition) is 2. The van der Waals surface area contributed by atoms with E-state index < -0.39 is 0 Å². The Hall–Kier alpha value is -0.920. The smallest absolute Gasteiger partial charge is 0.140 e. The van der Waals surface area contributed by atoms with Gasteiger partial charge in [-0.3, -0.25) is 9.59 Å². The van der Waals surface area contributed by atoms with Gasteiger partial charge in [0.2, 0.25) is 0 Å². The molecule has 0 aliphatic heterocycles. The molecule has 92 valence electrons. The Labute approximate surface area is 102 Å². The third-order valence-corrected chi connectivity index (χ3v) is 5.35. The molecule has 0 heterocycles. The first-order chi connectivity index (χ1) is 8.09. The molecule has 2 fully saturated rings. The van der Waals surface area contributed by atoms with Gasteiger partial charge in [-0.15, -0.1) is 0 Å². The van der Waals surface area contributed by atoms with Gasteiger partial charge in [-0.1, -0.05) is 26.0 Å². The van der Waals surface area contributed by atoms with Gasteiger partial charge in [0.25, 0.3) is 0 Å². The van der Waals surface area contributed by atoms with Crippen LogP contribution in [0, 0.1) is 35.5 Å². The lowest BCUT2D eigenvalue weighted by molar-refractivity contribution is -0.128. The van der Waals surface area contributed by atoms with E-state index in [1.54, 1.807) is 0 Å². The Bertz CT molecular complexity index is 396. The summed E-state index contributed by atoms with van der Waals surface area (Å²) in [5.41, 5.74) is 0. The van der Waals surface area contributed by atoms with Gasteiger partial charge in [-0.2, -0.15) is 0 Å². The van der Waals surface area contributed by atoms with Crippen LogP contribution in [-0.4, -0.2) is 11.6 Å². The maximum Gasteiger partial charge on any atom is 0.140 e. The number of rotatable bonds is 0. The minimum Gasteiger partial charge on any atom is -0.300 e. The average molecular weight is 232 g/mol. The van der Waals surface area contributed by atoms with Gasteiger partial charge in [-0.05, 0) is 30.1 Å². The number of fused-ring (bicyclic) bond motifs is 3. The molecule has 2 nitrogen and oxygen atoms in total. The van der Waals surface area contributed by atoms with Crippen molar-refractivity contribution >= 4 is 11.6 Å². The summed E-state index contributed by atoms with van der Waals surface area (Å²) in [7, 11) is 0. The van der Waals surface area contributed by atoms with Crippen molar-refractivity contribution < 1.29 is 9.59 Å². The number of Topliss-reactive ketones (excluding diaryl/α,β-unsaturated/α-hetero) is 2. The van der Waals surface area contributed by atoms with Gasteiger partial charge in [0.15, 0.2) is 0 Å². The van der Waals surface area contributed by atoms with E-state index >= 15 is 0 Å². The molecular formula is C15H20O2. The van der Waals surface area contributed by atoms with E-state index in [9.17, 15) is 9.59 Å². The highest BCUT2D eigenvalue weighted by molar-refractivity contribution is 5.91. The molecule has 0 bridgehead atoms. The van der Waals surface area contributed by atoms with Crippen molar-refractivity contribution in [1.82, 2.24) is 0 Å². The van der Waals surface area contributed by atoms with Crippen molar-refractivity contribution in [2.24, 2.45) is 35.5 Å². The molecular weight excluding hydrogens is 212 g/mol. The molecule has 0 radical (unpaired) electrons. The molecule has 0 amide bonds. The highest BCUT2D eigenvalue weighted by Gasteiger charge is 2.53. The molecule has 6 unspecified atom stereocenters. The Morgan fingerprint density at radius 2 is 1.94 bits per heavy atom. The molecule has 6 atom stereocenters. The van der Waals surface area contributed by atoms with Gasteiger partial charge in [-0.25, -0.2) is 0 Å². The van der Waals surface area contributed by atoms with E-state index in [1.165, 1.54) is 0 Å². The van der Waals surface area contributed by atoms with E-state index in [0.29, 0.717) is 48.1 Å². The zero-order valence-corrected chi connectivity index (χ0v) is 10.6. The lowest BCUT2D eigenvalue weighted by Gasteiger charge is -2.33. The van der Waals surface area contributed by atoms with E-state index in [2.05, 4.69) is 26.0 Å².